The van der Waals surface area contributed by atoms with Gasteiger partial charge in [-0.25, -0.2) is 0 Å². The second-order valence-corrected chi connectivity index (χ2v) is 4.94. The number of carbonyl (C=O) groups is 1. The number of nitrogens with one attached hydrogen (secondary N) is 1. The van der Waals surface area contributed by atoms with Crippen LogP contribution in [0.3, 0.4) is 0 Å². The van der Waals surface area contributed by atoms with Gasteiger partial charge in [-0.15, -0.1) is 5.06 Å². The lowest BCUT2D eigenvalue weighted by Crippen LogP contribution is -2.38. The normalized spacial score (nSPS) is 20.8. The van der Waals surface area contributed by atoms with Crippen molar-refractivity contribution in [3.05, 3.63) is 41.2 Å². The highest BCUT2D eigenvalue weighted by molar-refractivity contribution is 6.32. The smallest absolute Gasteiger partial charge is 0.282 e. The Kier molecular flexibility index (Phi) is 2.56. The van der Waals surface area contributed by atoms with E-state index in [1.807, 2.05) is 0 Å². The van der Waals surface area contributed by atoms with Crippen molar-refractivity contribution < 1.29 is 19.1 Å². The zero-order chi connectivity index (χ0) is 15.3. The van der Waals surface area contributed by atoms with Crippen LogP contribution in [0.2, 0.25) is 0 Å². The van der Waals surface area contributed by atoms with E-state index in [0.717, 1.165) is 5.56 Å². The first-order valence-electron chi connectivity index (χ1n) is 6.61. The van der Waals surface area contributed by atoms with E-state index < -0.39 is 5.91 Å². The number of ether oxygens (including phenoxy) is 2. The molecular formula is C15H11N3O4. The lowest BCUT2D eigenvalue weighted by Gasteiger charge is -2.22. The molecule has 7 heteroatoms. The number of nitrogens with zero attached hydrogens (tertiary/aromatic N) is 2. The highest BCUT2D eigenvalue weighted by atomic mass is 16.7. The minimum Gasteiger partial charge on any atom is -0.454 e. The minimum atomic E-state index is -0.469. The molecule has 1 aromatic carbocycles. The van der Waals surface area contributed by atoms with Gasteiger partial charge < -0.3 is 14.3 Å². The van der Waals surface area contributed by atoms with E-state index in [-0.39, 0.29) is 18.2 Å². The van der Waals surface area contributed by atoms with Crippen LogP contribution in [0.4, 0.5) is 0 Å². The van der Waals surface area contributed by atoms with Gasteiger partial charge in [0.15, 0.2) is 23.2 Å². The minimum absolute atomic E-state index is 0.0410. The van der Waals surface area contributed by atoms with E-state index in [0.29, 0.717) is 23.1 Å². The lowest BCUT2D eigenvalue weighted by atomic mass is 10.1. The lowest BCUT2D eigenvalue weighted by molar-refractivity contribution is -0.114. The van der Waals surface area contributed by atoms with Gasteiger partial charge in [-0.1, -0.05) is 6.07 Å². The fraction of sp³-hybridized carbons (Fsp3) is 0.133. The van der Waals surface area contributed by atoms with Crippen LogP contribution in [0.15, 0.2) is 40.6 Å². The van der Waals surface area contributed by atoms with Gasteiger partial charge in [0, 0.05) is 6.08 Å². The Morgan fingerprint density at radius 2 is 2.14 bits per heavy atom. The van der Waals surface area contributed by atoms with Gasteiger partial charge >= 0.3 is 0 Å². The predicted molar refractivity (Wildman–Crippen MR) is 77.4 cm³/mol. The van der Waals surface area contributed by atoms with Crippen molar-refractivity contribution in [3.63, 3.8) is 0 Å². The molecule has 3 aliphatic heterocycles. The molecule has 1 amide bonds. The van der Waals surface area contributed by atoms with E-state index in [9.17, 15) is 4.79 Å². The van der Waals surface area contributed by atoms with Gasteiger partial charge in [0.2, 0.25) is 6.79 Å². The van der Waals surface area contributed by atoms with Gasteiger partial charge in [-0.3, -0.25) is 10.2 Å². The standard InChI is InChI=1S/C15H11N3O4/c1-8-4-13-17-15(19)10(14(16)18(13)22-8)5-9-2-3-11-12(6-9)21-7-20-11/h2-6,16H,7H2,1H3/b10-5-,16-14?. The number of hydrogen-bond donors (Lipinski definition) is 1. The van der Waals surface area contributed by atoms with Gasteiger partial charge in [0.1, 0.15) is 5.76 Å². The van der Waals surface area contributed by atoms with Crippen molar-refractivity contribution in [2.24, 2.45) is 4.99 Å². The molecule has 1 aromatic rings. The van der Waals surface area contributed by atoms with E-state index in [2.05, 4.69) is 4.99 Å². The number of hydroxylamine groups is 2. The van der Waals surface area contributed by atoms with Crippen molar-refractivity contribution in [1.82, 2.24) is 5.06 Å². The molecule has 0 fully saturated rings. The molecule has 0 aliphatic carbocycles. The van der Waals surface area contributed by atoms with Gasteiger partial charge in [0.25, 0.3) is 5.91 Å². The first-order chi connectivity index (χ1) is 10.6. The van der Waals surface area contributed by atoms with E-state index in [1.165, 1.54) is 5.06 Å². The van der Waals surface area contributed by atoms with E-state index in [4.69, 9.17) is 19.7 Å². The molecule has 110 valence electrons. The predicted octanol–water partition coefficient (Wildman–Crippen LogP) is 1.87. The van der Waals surface area contributed by atoms with Crippen molar-refractivity contribution >= 4 is 23.7 Å². The zero-order valence-electron chi connectivity index (χ0n) is 11.6. The molecule has 0 saturated carbocycles. The molecule has 0 unspecified atom stereocenters. The maximum absolute atomic E-state index is 12.1. The number of rotatable bonds is 1. The SMILES string of the molecule is CC1=CC2=NC(=O)/C(=C\c3ccc4c(c3)OCO4)C(=N)N2O1. The number of benzene rings is 1. The van der Waals surface area contributed by atoms with Crippen molar-refractivity contribution in [1.29, 1.82) is 5.41 Å². The van der Waals surface area contributed by atoms with Crippen LogP contribution in [0, 0.1) is 5.41 Å². The molecule has 0 aromatic heterocycles. The van der Waals surface area contributed by atoms with Crippen LogP contribution in [-0.4, -0.2) is 29.4 Å². The van der Waals surface area contributed by atoms with Gasteiger partial charge in [-0.05, 0) is 30.7 Å². The molecule has 0 saturated heterocycles. The Labute approximate surface area is 125 Å². The molecule has 0 spiro atoms. The number of fused-ring (bicyclic) bond motifs is 2. The highest BCUT2D eigenvalue weighted by Gasteiger charge is 2.34. The average Bonchev–Trinajstić information content (AvgIpc) is 3.08. The van der Waals surface area contributed by atoms with Gasteiger partial charge in [0.05, 0.1) is 5.57 Å². The summed E-state index contributed by atoms with van der Waals surface area (Å²) in [4.78, 5) is 21.4. The quantitative estimate of drug-likeness (QED) is 0.800. The van der Waals surface area contributed by atoms with Crippen LogP contribution >= 0.6 is 0 Å². The van der Waals surface area contributed by atoms with Gasteiger partial charge in [-0.2, -0.15) is 4.99 Å². The number of carbonyl (C=O) groups excluding carboxylic acids is 1. The molecule has 0 atom stereocenters. The molecule has 0 radical (unpaired) electrons. The largest absolute Gasteiger partial charge is 0.454 e. The third-order valence-electron chi connectivity index (χ3n) is 3.39. The first-order valence-corrected chi connectivity index (χ1v) is 6.61. The number of amides is 1. The van der Waals surface area contributed by atoms with Crippen LogP contribution in [0.5, 0.6) is 11.5 Å². The summed E-state index contributed by atoms with van der Waals surface area (Å²) in [5.74, 6) is 1.68. The molecule has 7 nitrogen and oxygen atoms in total. The molecule has 3 aliphatic rings. The Hall–Kier alpha value is -3.09. The summed E-state index contributed by atoms with van der Waals surface area (Å²) in [6.45, 7) is 1.92. The van der Waals surface area contributed by atoms with Crippen molar-refractivity contribution in [3.8, 4) is 11.5 Å². The second-order valence-electron chi connectivity index (χ2n) is 4.94. The van der Waals surface area contributed by atoms with Crippen LogP contribution in [0.25, 0.3) is 6.08 Å². The molecule has 4 rings (SSSR count). The molecule has 1 N–H and O–H groups in total. The zero-order valence-corrected chi connectivity index (χ0v) is 11.6. The van der Waals surface area contributed by atoms with E-state index in [1.54, 1.807) is 37.3 Å². The fourth-order valence-electron chi connectivity index (χ4n) is 2.37. The maximum Gasteiger partial charge on any atom is 0.282 e. The third-order valence-corrected chi connectivity index (χ3v) is 3.39. The Bertz CT molecular complexity index is 807. The van der Waals surface area contributed by atoms with Crippen molar-refractivity contribution in [2.75, 3.05) is 6.79 Å². The molecule has 3 heterocycles. The summed E-state index contributed by atoms with van der Waals surface area (Å²) in [6, 6.07) is 5.30. The molecule has 22 heavy (non-hydrogen) atoms. The highest BCUT2D eigenvalue weighted by Crippen LogP contribution is 2.33. The van der Waals surface area contributed by atoms with Crippen LogP contribution in [-0.2, 0) is 9.63 Å². The van der Waals surface area contributed by atoms with Crippen LogP contribution in [0.1, 0.15) is 12.5 Å². The molecular weight excluding hydrogens is 286 g/mol. The number of allylic oxidation sites excluding steroid dienone is 1. The topological polar surface area (TPSA) is 84.2 Å². The summed E-state index contributed by atoms with van der Waals surface area (Å²) >= 11 is 0. The Morgan fingerprint density at radius 1 is 1.32 bits per heavy atom. The van der Waals surface area contributed by atoms with E-state index >= 15 is 0 Å². The first kappa shape index (κ1) is 12.6. The Morgan fingerprint density at radius 3 is 3.00 bits per heavy atom. The van der Waals surface area contributed by atoms with Crippen molar-refractivity contribution in [2.45, 2.75) is 6.92 Å². The fourth-order valence-corrected chi connectivity index (χ4v) is 2.37. The van der Waals surface area contributed by atoms with Crippen LogP contribution < -0.4 is 9.47 Å². The summed E-state index contributed by atoms with van der Waals surface area (Å²) in [7, 11) is 0. The monoisotopic (exact) mass is 297 g/mol. The third kappa shape index (κ3) is 1.86. The average molecular weight is 297 g/mol. The summed E-state index contributed by atoms with van der Waals surface area (Å²) in [5, 5.41) is 9.37. The summed E-state index contributed by atoms with van der Waals surface area (Å²) < 4.78 is 10.5. The second kappa shape index (κ2) is 4.45. The number of hydrogen-bond acceptors (Lipinski definition) is 5. The Balaban J connectivity index is 1.71. The maximum atomic E-state index is 12.1. The molecule has 0 bridgehead atoms. The number of amidine groups is 2. The summed E-state index contributed by atoms with van der Waals surface area (Å²) in [6.07, 6.45) is 3.20. The number of aliphatic imine (C=N–C) groups is 1. The summed E-state index contributed by atoms with van der Waals surface area (Å²) in [5.41, 5.74) is 0.880.